The first-order chi connectivity index (χ1) is 19.1. The second-order valence-electron chi connectivity index (χ2n) is 8.56. The Morgan fingerprint density at radius 1 is 0.366 bits per heavy atom. The third-order valence-electron chi connectivity index (χ3n) is 6.32. The lowest BCUT2D eigenvalue weighted by atomic mass is 9.84. The SMILES string of the molecule is Fc1cc2c(-c3c(F)c(F)c(F)c(F)c3F)c3ccccc3c(-c3c(F)c(F)c(C(F)(F)F)c(F)c3F)c2cc1F. The van der Waals surface area contributed by atoms with Crippen LogP contribution >= 0.6 is 0 Å². The number of hydrogen-bond acceptors (Lipinski definition) is 0. The minimum Gasteiger partial charge on any atom is -0.204 e. The van der Waals surface area contributed by atoms with Crippen LogP contribution in [0.15, 0.2) is 36.4 Å². The molecule has 5 rings (SSSR count). The summed E-state index contributed by atoms with van der Waals surface area (Å²) in [7, 11) is 0. The zero-order chi connectivity index (χ0) is 30.3. The molecule has 0 aromatic heterocycles. The van der Waals surface area contributed by atoms with Crippen molar-refractivity contribution in [2.24, 2.45) is 0 Å². The summed E-state index contributed by atoms with van der Waals surface area (Å²) >= 11 is 0. The molecule has 5 aromatic carbocycles. The predicted octanol–water partition coefficient (Wildman–Crippen LogP) is 9.88. The molecule has 14 heteroatoms. The van der Waals surface area contributed by atoms with E-state index in [1.165, 1.54) is 0 Å². The quantitative estimate of drug-likeness (QED) is 0.0824. The Morgan fingerprint density at radius 3 is 1.02 bits per heavy atom. The van der Waals surface area contributed by atoms with Gasteiger partial charge in [0.05, 0.1) is 11.1 Å². The summed E-state index contributed by atoms with van der Waals surface area (Å²) in [5.74, 6) is -27.1. The van der Waals surface area contributed by atoms with Crippen molar-refractivity contribution in [3.05, 3.63) is 106 Å². The van der Waals surface area contributed by atoms with Gasteiger partial charge in [0.25, 0.3) is 0 Å². The number of fused-ring (bicyclic) bond motifs is 2. The van der Waals surface area contributed by atoms with E-state index in [2.05, 4.69) is 0 Å². The van der Waals surface area contributed by atoms with Gasteiger partial charge in [-0.1, -0.05) is 24.3 Å². The van der Waals surface area contributed by atoms with Gasteiger partial charge >= 0.3 is 6.18 Å². The smallest absolute Gasteiger partial charge is 0.204 e. The van der Waals surface area contributed by atoms with Crippen LogP contribution in [0.5, 0.6) is 0 Å². The molecule has 212 valence electrons. The van der Waals surface area contributed by atoms with Gasteiger partial charge in [-0.3, -0.25) is 0 Å². The van der Waals surface area contributed by atoms with Gasteiger partial charge in [0.1, 0.15) is 5.56 Å². The number of benzene rings is 5. The van der Waals surface area contributed by atoms with Crippen molar-refractivity contribution in [1.29, 1.82) is 0 Å². The van der Waals surface area contributed by atoms with Crippen molar-refractivity contribution in [3.8, 4) is 22.3 Å². The molecule has 0 unspecified atom stereocenters. The maximum atomic E-state index is 15.1. The molecular formula is C27H6F14. The molecular weight excluding hydrogens is 590 g/mol. The zero-order valence-corrected chi connectivity index (χ0v) is 19.3. The van der Waals surface area contributed by atoms with Crippen LogP contribution in [0.25, 0.3) is 43.8 Å². The Kier molecular flexibility index (Phi) is 6.42. The molecule has 0 spiro atoms. The Balaban J connectivity index is 2.10. The van der Waals surface area contributed by atoms with Crippen LogP contribution in [-0.2, 0) is 6.18 Å². The van der Waals surface area contributed by atoms with E-state index in [1.807, 2.05) is 0 Å². The molecule has 0 amide bonds. The van der Waals surface area contributed by atoms with Gasteiger partial charge in [0, 0.05) is 11.1 Å². The van der Waals surface area contributed by atoms with E-state index in [-0.39, 0.29) is 12.1 Å². The molecule has 5 aromatic rings. The van der Waals surface area contributed by atoms with Gasteiger partial charge in [-0.25, -0.2) is 48.3 Å². The molecule has 0 aliphatic rings. The number of halogens is 14. The lowest BCUT2D eigenvalue weighted by Gasteiger charge is -2.21. The van der Waals surface area contributed by atoms with E-state index in [0.717, 1.165) is 24.3 Å². The second-order valence-corrected chi connectivity index (χ2v) is 8.56. The summed E-state index contributed by atoms with van der Waals surface area (Å²) in [6.45, 7) is 0. The predicted molar refractivity (Wildman–Crippen MR) is 117 cm³/mol. The highest BCUT2D eigenvalue weighted by Gasteiger charge is 2.43. The molecule has 0 aliphatic carbocycles. The van der Waals surface area contributed by atoms with Gasteiger partial charge in [-0.05, 0) is 33.7 Å². The molecule has 0 N–H and O–H groups in total. The fourth-order valence-electron chi connectivity index (χ4n) is 4.63. The van der Waals surface area contributed by atoms with Crippen LogP contribution in [-0.4, -0.2) is 0 Å². The van der Waals surface area contributed by atoms with Gasteiger partial charge in [0.15, 0.2) is 58.2 Å². The highest BCUT2D eigenvalue weighted by Crippen LogP contribution is 2.49. The van der Waals surface area contributed by atoms with Crippen LogP contribution in [0.3, 0.4) is 0 Å². The second kappa shape index (κ2) is 9.35. The van der Waals surface area contributed by atoms with Crippen molar-refractivity contribution in [2.45, 2.75) is 6.18 Å². The number of hydrogen-bond donors (Lipinski definition) is 0. The Hall–Kier alpha value is -4.36. The summed E-state index contributed by atoms with van der Waals surface area (Å²) < 4.78 is 200. The third-order valence-corrected chi connectivity index (χ3v) is 6.32. The van der Waals surface area contributed by atoms with Gasteiger partial charge in [-0.2, -0.15) is 13.2 Å². The molecule has 0 saturated heterocycles. The minimum atomic E-state index is -5.93. The molecule has 0 heterocycles. The minimum absolute atomic E-state index is 0.119. The average molecular weight is 596 g/mol. The Labute approximate surface area is 218 Å². The lowest BCUT2D eigenvalue weighted by Crippen LogP contribution is -2.16. The summed E-state index contributed by atoms with van der Waals surface area (Å²) in [5, 5.41) is -3.39. The molecule has 0 nitrogen and oxygen atoms in total. The van der Waals surface area contributed by atoms with Crippen molar-refractivity contribution < 1.29 is 61.5 Å². The first kappa shape index (κ1) is 28.2. The highest BCUT2D eigenvalue weighted by molar-refractivity contribution is 6.21. The van der Waals surface area contributed by atoms with Crippen LogP contribution in [0.1, 0.15) is 5.56 Å². The van der Waals surface area contributed by atoms with Crippen molar-refractivity contribution in [3.63, 3.8) is 0 Å². The fourth-order valence-corrected chi connectivity index (χ4v) is 4.63. The largest absolute Gasteiger partial charge is 0.422 e. The van der Waals surface area contributed by atoms with Crippen LogP contribution in [0, 0.1) is 64.0 Å². The van der Waals surface area contributed by atoms with Crippen molar-refractivity contribution in [2.75, 3.05) is 0 Å². The van der Waals surface area contributed by atoms with Crippen molar-refractivity contribution >= 4 is 21.5 Å². The van der Waals surface area contributed by atoms with Gasteiger partial charge < -0.3 is 0 Å². The molecule has 41 heavy (non-hydrogen) atoms. The molecule has 0 bridgehead atoms. The summed E-state index contributed by atoms with van der Waals surface area (Å²) in [6, 6.07) is 4.07. The van der Waals surface area contributed by atoms with E-state index in [0.29, 0.717) is 0 Å². The number of alkyl halides is 3. The molecule has 0 fully saturated rings. The maximum absolute atomic E-state index is 15.1. The van der Waals surface area contributed by atoms with Gasteiger partial charge in [-0.15, -0.1) is 0 Å². The Bertz CT molecular complexity index is 1880. The molecule has 0 aliphatic heterocycles. The van der Waals surface area contributed by atoms with E-state index in [9.17, 15) is 52.7 Å². The van der Waals surface area contributed by atoms with Crippen LogP contribution in [0.4, 0.5) is 61.5 Å². The van der Waals surface area contributed by atoms with E-state index >= 15 is 8.78 Å². The van der Waals surface area contributed by atoms with E-state index in [4.69, 9.17) is 0 Å². The van der Waals surface area contributed by atoms with Crippen LogP contribution < -0.4 is 0 Å². The summed E-state index contributed by atoms with van der Waals surface area (Å²) in [6.07, 6.45) is -5.93. The zero-order valence-electron chi connectivity index (χ0n) is 19.3. The van der Waals surface area contributed by atoms with E-state index < -0.39 is 120 Å². The third kappa shape index (κ3) is 3.98. The first-order valence-corrected chi connectivity index (χ1v) is 10.9. The molecule has 0 atom stereocenters. The number of rotatable bonds is 2. The maximum Gasteiger partial charge on any atom is 0.422 e. The highest BCUT2D eigenvalue weighted by atomic mass is 19.4. The molecule has 0 radical (unpaired) electrons. The Morgan fingerprint density at radius 2 is 0.683 bits per heavy atom. The average Bonchev–Trinajstić information content (AvgIpc) is 2.91. The van der Waals surface area contributed by atoms with Gasteiger partial charge in [0.2, 0.25) is 5.82 Å². The normalized spacial score (nSPS) is 12.1. The standard InChI is InChI=1S/C27H6F14/c28-11-5-9-10(6-12(11)29)14(16-20(32)24(36)26(38)25(37)21(16)33)8-4-2-1-3-7(8)13(9)15-18(30)22(34)17(27(39,40)41)23(35)19(15)31/h1-6H. The summed E-state index contributed by atoms with van der Waals surface area (Å²) in [4.78, 5) is 0. The topological polar surface area (TPSA) is 0 Å². The van der Waals surface area contributed by atoms with Crippen molar-refractivity contribution in [1.82, 2.24) is 0 Å². The first-order valence-electron chi connectivity index (χ1n) is 10.9. The van der Waals surface area contributed by atoms with Crippen LogP contribution in [0.2, 0.25) is 0 Å². The van der Waals surface area contributed by atoms with E-state index in [1.54, 1.807) is 0 Å². The lowest BCUT2D eigenvalue weighted by molar-refractivity contribution is -0.143. The summed E-state index contributed by atoms with van der Waals surface area (Å²) in [5.41, 5.74) is -8.64. The monoisotopic (exact) mass is 596 g/mol. The fraction of sp³-hybridized carbons (Fsp3) is 0.0370. The molecule has 0 saturated carbocycles.